The van der Waals surface area contributed by atoms with Crippen molar-refractivity contribution < 1.29 is 0 Å². The van der Waals surface area contributed by atoms with E-state index in [2.05, 4.69) is 48.4 Å². The van der Waals surface area contributed by atoms with Gasteiger partial charge in [-0.3, -0.25) is 0 Å². The van der Waals surface area contributed by atoms with Gasteiger partial charge in [0.2, 0.25) is 0 Å². The molecule has 0 radical (unpaired) electrons. The van der Waals surface area contributed by atoms with Crippen LogP contribution in [0.2, 0.25) is 0 Å². The minimum Gasteiger partial charge on any atom is -0.308 e. The van der Waals surface area contributed by atoms with E-state index in [0.29, 0.717) is 6.04 Å². The smallest absolute Gasteiger partial charge is 0.133 e. The topological polar surface area (TPSA) is 37.8 Å². The summed E-state index contributed by atoms with van der Waals surface area (Å²) < 4.78 is 0. The lowest BCUT2D eigenvalue weighted by Crippen LogP contribution is -2.17. The second kappa shape index (κ2) is 5.94. The highest BCUT2D eigenvalue weighted by atomic mass is 15.0. The lowest BCUT2D eigenvalue weighted by Gasteiger charge is -2.08. The molecule has 2 aromatic rings. The van der Waals surface area contributed by atoms with Crippen molar-refractivity contribution in [3.05, 3.63) is 58.2 Å². The van der Waals surface area contributed by atoms with Crippen LogP contribution in [-0.2, 0) is 13.0 Å². The van der Waals surface area contributed by atoms with E-state index in [9.17, 15) is 0 Å². The zero-order valence-corrected chi connectivity index (χ0v) is 13.1. The van der Waals surface area contributed by atoms with Gasteiger partial charge < -0.3 is 5.32 Å². The highest BCUT2D eigenvalue weighted by Crippen LogP contribution is 2.19. The SMILES string of the molecule is Cc1cc(C)cc(Cc2nc(C)cc(CNC3CC3)n2)c1. The molecule has 3 rings (SSSR count). The zero-order valence-electron chi connectivity index (χ0n) is 13.1. The van der Waals surface area contributed by atoms with Crippen LogP contribution in [0.1, 0.15) is 46.7 Å². The summed E-state index contributed by atoms with van der Waals surface area (Å²) in [5, 5.41) is 3.52. The van der Waals surface area contributed by atoms with Gasteiger partial charge in [0, 0.05) is 24.7 Å². The fourth-order valence-corrected chi connectivity index (χ4v) is 2.76. The second-order valence-electron chi connectivity index (χ2n) is 6.24. The fraction of sp³-hybridized carbons (Fsp3) is 0.444. The molecule has 3 heteroatoms. The molecule has 21 heavy (non-hydrogen) atoms. The number of aryl methyl sites for hydroxylation is 3. The van der Waals surface area contributed by atoms with Gasteiger partial charge in [0.25, 0.3) is 0 Å². The van der Waals surface area contributed by atoms with Crippen molar-refractivity contribution in [1.82, 2.24) is 15.3 Å². The van der Waals surface area contributed by atoms with Gasteiger partial charge in [-0.05, 0) is 45.2 Å². The molecule has 1 aliphatic rings. The molecule has 3 nitrogen and oxygen atoms in total. The van der Waals surface area contributed by atoms with Gasteiger partial charge in [0.05, 0.1) is 5.69 Å². The number of nitrogens with one attached hydrogen (secondary N) is 1. The number of nitrogens with zero attached hydrogens (tertiary/aromatic N) is 2. The average Bonchev–Trinajstić information content (AvgIpc) is 3.18. The van der Waals surface area contributed by atoms with Crippen molar-refractivity contribution in [3.8, 4) is 0 Å². The van der Waals surface area contributed by atoms with E-state index in [4.69, 9.17) is 4.98 Å². The van der Waals surface area contributed by atoms with Crippen molar-refractivity contribution in [1.29, 1.82) is 0 Å². The van der Waals surface area contributed by atoms with E-state index in [1.807, 2.05) is 6.92 Å². The first-order valence-electron chi connectivity index (χ1n) is 7.72. The number of rotatable bonds is 5. The second-order valence-corrected chi connectivity index (χ2v) is 6.24. The molecule has 0 spiro atoms. The maximum Gasteiger partial charge on any atom is 0.133 e. The summed E-state index contributed by atoms with van der Waals surface area (Å²) >= 11 is 0. The van der Waals surface area contributed by atoms with E-state index in [-0.39, 0.29) is 0 Å². The molecule has 1 saturated carbocycles. The first-order chi connectivity index (χ1) is 10.1. The van der Waals surface area contributed by atoms with Gasteiger partial charge in [-0.2, -0.15) is 0 Å². The Morgan fingerprint density at radius 1 is 1.00 bits per heavy atom. The Kier molecular flexibility index (Phi) is 4.02. The molecule has 110 valence electrons. The Morgan fingerprint density at radius 3 is 2.38 bits per heavy atom. The predicted molar refractivity (Wildman–Crippen MR) is 85.4 cm³/mol. The summed E-state index contributed by atoms with van der Waals surface area (Å²) in [7, 11) is 0. The molecule has 0 amide bonds. The molecule has 1 aliphatic carbocycles. The summed E-state index contributed by atoms with van der Waals surface area (Å²) in [4.78, 5) is 9.31. The van der Waals surface area contributed by atoms with Crippen molar-refractivity contribution in [3.63, 3.8) is 0 Å². The van der Waals surface area contributed by atoms with Crippen LogP contribution in [0.3, 0.4) is 0 Å². The maximum absolute atomic E-state index is 4.71. The highest BCUT2D eigenvalue weighted by molar-refractivity contribution is 5.30. The van der Waals surface area contributed by atoms with Gasteiger partial charge in [0.1, 0.15) is 5.82 Å². The van der Waals surface area contributed by atoms with Crippen LogP contribution in [-0.4, -0.2) is 16.0 Å². The van der Waals surface area contributed by atoms with Crippen molar-refractivity contribution in [2.24, 2.45) is 0 Å². The maximum atomic E-state index is 4.71. The van der Waals surface area contributed by atoms with Gasteiger partial charge in [-0.15, -0.1) is 0 Å². The predicted octanol–water partition coefficient (Wildman–Crippen LogP) is 3.24. The van der Waals surface area contributed by atoms with Crippen LogP contribution < -0.4 is 5.32 Å². The third-order valence-electron chi connectivity index (χ3n) is 3.75. The van der Waals surface area contributed by atoms with E-state index in [0.717, 1.165) is 30.2 Å². The van der Waals surface area contributed by atoms with Gasteiger partial charge in [-0.1, -0.05) is 29.3 Å². The third-order valence-corrected chi connectivity index (χ3v) is 3.75. The molecule has 0 aliphatic heterocycles. The standard InChI is InChI=1S/C18H23N3/c1-12-6-13(2)8-15(7-12)10-18-20-14(3)9-17(21-18)11-19-16-4-5-16/h6-9,16,19H,4-5,10-11H2,1-3H3. The molecule has 1 fully saturated rings. The Balaban J connectivity index is 1.76. The zero-order chi connectivity index (χ0) is 14.8. The van der Waals surface area contributed by atoms with Gasteiger partial charge in [0.15, 0.2) is 0 Å². The first-order valence-corrected chi connectivity index (χ1v) is 7.72. The summed E-state index contributed by atoms with van der Waals surface area (Å²) in [6.45, 7) is 7.18. The molecular formula is C18H23N3. The lowest BCUT2D eigenvalue weighted by molar-refractivity contribution is 0.667. The van der Waals surface area contributed by atoms with E-state index < -0.39 is 0 Å². The Bertz CT molecular complexity index is 625. The molecule has 1 heterocycles. The van der Waals surface area contributed by atoms with Crippen LogP contribution in [0, 0.1) is 20.8 Å². The van der Waals surface area contributed by atoms with Crippen molar-refractivity contribution in [2.75, 3.05) is 0 Å². The normalized spacial score (nSPS) is 14.4. The number of hydrogen-bond acceptors (Lipinski definition) is 3. The molecular weight excluding hydrogens is 258 g/mol. The number of hydrogen-bond donors (Lipinski definition) is 1. The third kappa shape index (κ3) is 4.11. The number of benzene rings is 1. The Labute approximate surface area is 126 Å². The lowest BCUT2D eigenvalue weighted by atomic mass is 10.0. The van der Waals surface area contributed by atoms with E-state index in [1.165, 1.54) is 29.5 Å². The van der Waals surface area contributed by atoms with Crippen LogP contribution in [0.25, 0.3) is 0 Å². The van der Waals surface area contributed by atoms with E-state index >= 15 is 0 Å². The van der Waals surface area contributed by atoms with Crippen molar-refractivity contribution >= 4 is 0 Å². The largest absolute Gasteiger partial charge is 0.308 e. The quantitative estimate of drug-likeness (QED) is 0.914. The summed E-state index contributed by atoms with van der Waals surface area (Å²) in [5.74, 6) is 0.924. The molecule has 0 unspecified atom stereocenters. The Hall–Kier alpha value is -1.74. The molecule has 1 N–H and O–H groups in total. The monoisotopic (exact) mass is 281 g/mol. The number of aromatic nitrogens is 2. The summed E-state index contributed by atoms with van der Waals surface area (Å²) in [6.07, 6.45) is 3.42. The molecule has 1 aromatic carbocycles. The van der Waals surface area contributed by atoms with Crippen LogP contribution in [0.4, 0.5) is 0 Å². The highest BCUT2D eigenvalue weighted by Gasteiger charge is 2.20. The van der Waals surface area contributed by atoms with Crippen LogP contribution >= 0.6 is 0 Å². The Morgan fingerprint density at radius 2 is 1.71 bits per heavy atom. The minimum atomic E-state index is 0.711. The van der Waals surface area contributed by atoms with Gasteiger partial charge in [-0.25, -0.2) is 9.97 Å². The van der Waals surface area contributed by atoms with E-state index in [1.54, 1.807) is 0 Å². The summed E-state index contributed by atoms with van der Waals surface area (Å²) in [5.41, 5.74) is 6.05. The van der Waals surface area contributed by atoms with Crippen molar-refractivity contribution in [2.45, 2.75) is 52.6 Å². The minimum absolute atomic E-state index is 0.711. The molecule has 0 bridgehead atoms. The van der Waals surface area contributed by atoms with Crippen LogP contribution in [0.5, 0.6) is 0 Å². The van der Waals surface area contributed by atoms with Gasteiger partial charge >= 0.3 is 0 Å². The average molecular weight is 281 g/mol. The molecule has 1 aromatic heterocycles. The fourth-order valence-electron chi connectivity index (χ4n) is 2.76. The molecule has 0 saturated heterocycles. The molecule has 0 atom stereocenters. The van der Waals surface area contributed by atoms with Crippen LogP contribution in [0.15, 0.2) is 24.3 Å². The summed E-state index contributed by atoms with van der Waals surface area (Å²) in [6, 6.07) is 9.44. The first kappa shape index (κ1) is 14.2.